The van der Waals surface area contributed by atoms with Crippen LogP contribution in [0.25, 0.3) is 11.0 Å². The Kier molecular flexibility index (Phi) is 4.41. The molecule has 0 radical (unpaired) electrons. The first-order chi connectivity index (χ1) is 12.5. The summed E-state index contributed by atoms with van der Waals surface area (Å²) in [5.74, 6) is 0. The highest BCUT2D eigenvalue weighted by atomic mass is 16.4. The summed E-state index contributed by atoms with van der Waals surface area (Å²) in [6.45, 7) is 7.97. The molecular weight excluding hydrogens is 322 g/mol. The van der Waals surface area contributed by atoms with Crippen LogP contribution in [0.3, 0.4) is 0 Å². The second-order valence-corrected chi connectivity index (χ2v) is 7.65. The van der Waals surface area contributed by atoms with Crippen molar-refractivity contribution in [1.82, 2.24) is 4.90 Å². The molecule has 0 atom stereocenters. The van der Waals surface area contributed by atoms with Crippen molar-refractivity contribution >= 4 is 11.0 Å². The molecule has 0 amide bonds. The Labute approximate surface area is 154 Å². The van der Waals surface area contributed by atoms with Crippen LogP contribution in [0.15, 0.2) is 51.7 Å². The van der Waals surface area contributed by atoms with Gasteiger partial charge in [0.05, 0.1) is 0 Å². The van der Waals surface area contributed by atoms with Gasteiger partial charge in [-0.1, -0.05) is 29.8 Å². The van der Waals surface area contributed by atoms with Crippen LogP contribution in [0.1, 0.15) is 40.7 Å². The first-order valence-electron chi connectivity index (χ1n) is 9.33. The molecule has 134 valence electrons. The van der Waals surface area contributed by atoms with Gasteiger partial charge >= 0.3 is 5.63 Å². The Morgan fingerprint density at radius 1 is 0.962 bits per heavy atom. The predicted molar refractivity (Wildman–Crippen MR) is 105 cm³/mol. The van der Waals surface area contributed by atoms with Crippen molar-refractivity contribution < 1.29 is 4.42 Å². The van der Waals surface area contributed by atoms with Gasteiger partial charge in [-0.2, -0.15) is 0 Å². The maximum atomic E-state index is 12.1. The fraction of sp³-hybridized carbons (Fsp3) is 0.348. The van der Waals surface area contributed by atoms with E-state index >= 15 is 0 Å². The van der Waals surface area contributed by atoms with Gasteiger partial charge in [0.2, 0.25) is 0 Å². The minimum absolute atomic E-state index is 0.262. The molecule has 1 aromatic heterocycles. The third-order valence-electron chi connectivity index (χ3n) is 5.39. The standard InChI is InChI=1S/C23H25NO2/c1-15-4-6-18(7-5-15)13-24(20-8-9-20)14-19-12-23(25)26-22-11-17(3)16(2)10-21(19)22/h4-7,10-12,20H,8-9,13-14H2,1-3H3. The van der Waals surface area contributed by atoms with Crippen LogP contribution < -0.4 is 5.63 Å². The predicted octanol–water partition coefficient (Wildman–Crippen LogP) is 4.88. The van der Waals surface area contributed by atoms with Gasteiger partial charge in [-0.25, -0.2) is 4.79 Å². The fourth-order valence-electron chi connectivity index (χ4n) is 3.51. The molecule has 0 bridgehead atoms. The smallest absolute Gasteiger partial charge is 0.336 e. The van der Waals surface area contributed by atoms with Crippen LogP contribution in [0.5, 0.6) is 0 Å². The van der Waals surface area contributed by atoms with Crippen molar-refractivity contribution in [2.75, 3.05) is 0 Å². The van der Waals surface area contributed by atoms with E-state index in [4.69, 9.17) is 4.42 Å². The summed E-state index contributed by atoms with van der Waals surface area (Å²) in [6, 6.07) is 15.2. The van der Waals surface area contributed by atoms with E-state index in [9.17, 15) is 4.79 Å². The number of aryl methyl sites for hydroxylation is 3. The molecule has 3 aromatic rings. The molecule has 1 heterocycles. The average Bonchev–Trinajstić information content (AvgIpc) is 3.43. The fourth-order valence-corrected chi connectivity index (χ4v) is 3.51. The molecule has 0 spiro atoms. The van der Waals surface area contributed by atoms with Gasteiger partial charge in [-0.15, -0.1) is 0 Å². The molecule has 0 N–H and O–H groups in total. The first kappa shape index (κ1) is 17.0. The molecule has 0 saturated heterocycles. The summed E-state index contributed by atoms with van der Waals surface area (Å²) in [7, 11) is 0. The summed E-state index contributed by atoms with van der Waals surface area (Å²) >= 11 is 0. The Hall–Kier alpha value is -2.39. The van der Waals surface area contributed by atoms with Crippen LogP contribution in [0.4, 0.5) is 0 Å². The lowest BCUT2D eigenvalue weighted by Crippen LogP contribution is -2.25. The van der Waals surface area contributed by atoms with Crippen molar-refractivity contribution in [3.05, 3.63) is 80.7 Å². The molecule has 0 aliphatic heterocycles. The van der Waals surface area contributed by atoms with E-state index in [1.165, 1.54) is 29.5 Å². The second-order valence-electron chi connectivity index (χ2n) is 7.65. The Morgan fingerprint density at radius 2 is 1.65 bits per heavy atom. The highest BCUT2D eigenvalue weighted by Crippen LogP contribution is 2.31. The minimum atomic E-state index is -0.262. The van der Waals surface area contributed by atoms with E-state index in [0.717, 1.165) is 29.6 Å². The lowest BCUT2D eigenvalue weighted by molar-refractivity contribution is 0.246. The third kappa shape index (κ3) is 3.58. The molecule has 2 aromatic carbocycles. The molecule has 1 aliphatic carbocycles. The maximum Gasteiger partial charge on any atom is 0.336 e. The van der Waals surface area contributed by atoms with Gasteiger partial charge in [-0.3, -0.25) is 4.90 Å². The zero-order chi connectivity index (χ0) is 18.3. The maximum absolute atomic E-state index is 12.1. The molecule has 0 unspecified atom stereocenters. The van der Waals surface area contributed by atoms with Gasteiger partial charge < -0.3 is 4.42 Å². The van der Waals surface area contributed by atoms with Crippen LogP contribution in [0, 0.1) is 20.8 Å². The molecule has 3 nitrogen and oxygen atoms in total. The normalized spacial score (nSPS) is 14.3. The molecular formula is C23H25NO2. The molecule has 1 aliphatic rings. The number of benzene rings is 2. The third-order valence-corrected chi connectivity index (χ3v) is 5.39. The summed E-state index contributed by atoms with van der Waals surface area (Å²) in [4.78, 5) is 14.6. The van der Waals surface area contributed by atoms with Gasteiger partial charge in [0.25, 0.3) is 0 Å². The van der Waals surface area contributed by atoms with Crippen molar-refractivity contribution in [3.8, 4) is 0 Å². The SMILES string of the molecule is Cc1ccc(CN(Cc2cc(=O)oc3cc(C)c(C)cc23)C2CC2)cc1. The number of fused-ring (bicyclic) bond motifs is 1. The van der Waals surface area contributed by atoms with E-state index in [-0.39, 0.29) is 5.63 Å². The zero-order valence-electron chi connectivity index (χ0n) is 15.7. The van der Waals surface area contributed by atoms with Crippen molar-refractivity contribution in [1.29, 1.82) is 0 Å². The minimum Gasteiger partial charge on any atom is -0.423 e. The van der Waals surface area contributed by atoms with Crippen LogP contribution >= 0.6 is 0 Å². The number of hydrogen-bond donors (Lipinski definition) is 0. The highest BCUT2D eigenvalue weighted by molar-refractivity contribution is 5.81. The van der Waals surface area contributed by atoms with E-state index in [0.29, 0.717) is 11.6 Å². The van der Waals surface area contributed by atoms with E-state index < -0.39 is 0 Å². The van der Waals surface area contributed by atoms with Gasteiger partial charge in [0, 0.05) is 30.6 Å². The second kappa shape index (κ2) is 6.73. The molecule has 1 fully saturated rings. The Balaban J connectivity index is 1.68. The average molecular weight is 347 g/mol. The number of hydrogen-bond acceptors (Lipinski definition) is 3. The largest absolute Gasteiger partial charge is 0.423 e. The molecule has 4 rings (SSSR count). The monoisotopic (exact) mass is 347 g/mol. The summed E-state index contributed by atoms with van der Waals surface area (Å²) < 4.78 is 5.45. The van der Waals surface area contributed by atoms with Crippen molar-refractivity contribution in [2.24, 2.45) is 0 Å². The summed E-state index contributed by atoms with van der Waals surface area (Å²) in [6.07, 6.45) is 2.48. The Morgan fingerprint density at radius 3 is 2.35 bits per heavy atom. The number of rotatable bonds is 5. The lowest BCUT2D eigenvalue weighted by Gasteiger charge is -2.23. The van der Waals surface area contributed by atoms with Crippen LogP contribution in [-0.4, -0.2) is 10.9 Å². The van der Waals surface area contributed by atoms with Crippen molar-refractivity contribution in [2.45, 2.75) is 52.7 Å². The van der Waals surface area contributed by atoms with Gasteiger partial charge in [-0.05, 0) is 68.0 Å². The van der Waals surface area contributed by atoms with Crippen molar-refractivity contribution in [3.63, 3.8) is 0 Å². The molecule has 3 heteroatoms. The topological polar surface area (TPSA) is 33.5 Å². The Bertz CT molecular complexity index is 997. The van der Waals surface area contributed by atoms with E-state index in [2.05, 4.69) is 56.0 Å². The van der Waals surface area contributed by atoms with Crippen LogP contribution in [-0.2, 0) is 13.1 Å². The zero-order valence-corrected chi connectivity index (χ0v) is 15.7. The highest BCUT2D eigenvalue weighted by Gasteiger charge is 2.29. The number of nitrogens with zero attached hydrogens (tertiary/aromatic N) is 1. The van der Waals surface area contributed by atoms with Crippen LogP contribution in [0.2, 0.25) is 0 Å². The van der Waals surface area contributed by atoms with Gasteiger partial charge in [0.1, 0.15) is 5.58 Å². The van der Waals surface area contributed by atoms with E-state index in [1.54, 1.807) is 6.07 Å². The lowest BCUT2D eigenvalue weighted by atomic mass is 10.0. The quantitative estimate of drug-likeness (QED) is 0.617. The van der Waals surface area contributed by atoms with E-state index in [1.807, 2.05) is 6.07 Å². The van der Waals surface area contributed by atoms with Gasteiger partial charge in [0.15, 0.2) is 0 Å². The molecule has 1 saturated carbocycles. The summed E-state index contributed by atoms with van der Waals surface area (Å²) in [5.41, 5.74) is 6.48. The first-order valence-corrected chi connectivity index (χ1v) is 9.33. The molecule has 26 heavy (non-hydrogen) atoms. The summed E-state index contributed by atoms with van der Waals surface area (Å²) in [5, 5.41) is 1.06.